The van der Waals surface area contributed by atoms with Crippen LogP contribution in [0.3, 0.4) is 0 Å². The predicted molar refractivity (Wildman–Crippen MR) is 100 cm³/mol. The summed E-state index contributed by atoms with van der Waals surface area (Å²) in [7, 11) is -3.41. The van der Waals surface area contributed by atoms with Gasteiger partial charge in [-0.1, -0.05) is 35.9 Å². The summed E-state index contributed by atoms with van der Waals surface area (Å²) in [6.45, 7) is 1.85. The molecule has 138 valence electrons. The Morgan fingerprint density at radius 1 is 1.00 bits per heavy atom. The number of hydrogen-bond donors (Lipinski definition) is 3. The molecule has 0 spiro atoms. The maximum Gasteiger partial charge on any atom is 0.251 e. The largest absolute Gasteiger partial charge is 0.350 e. The van der Waals surface area contributed by atoms with Crippen molar-refractivity contribution >= 4 is 27.5 Å². The fourth-order valence-corrected chi connectivity index (χ4v) is 2.88. The summed E-state index contributed by atoms with van der Waals surface area (Å²) in [6.07, 6.45) is 1.06. The number of hydrogen-bond acceptors (Lipinski definition) is 4. The van der Waals surface area contributed by atoms with E-state index in [9.17, 15) is 18.0 Å². The van der Waals surface area contributed by atoms with Crippen LogP contribution in [0.4, 0.5) is 5.69 Å². The highest BCUT2D eigenvalue weighted by molar-refractivity contribution is 7.92. The van der Waals surface area contributed by atoms with E-state index in [1.165, 1.54) is 0 Å². The van der Waals surface area contributed by atoms with Gasteiger partial charge < -0.3 is 10.6 Å². The molecule has 0 saturated heterocycles. The van der Waals surface area contributed by atoms with Crippen molar-refractivity contribution in [3.63, 3.8) is 0 Å². The zero-order valence-electron chi connectivity index (χ0n) is 14.6. The molecule has 7 nitrogen and oxygen atoms in total. The van der Waals surface area contributed by atoms with Gasteiger partial charge in [0.1, 0.15) is 0 Å². The van der Waals surface area contributed by atoms with Gasteiger partial charge in [-0.05, 0) is 30.7 Å². The second-order valence-corrected chi connectivity index (χ2v) is 7.61. The lowest BCUT2D eigenvalue weighted by atomic mass is 10.1. The summed E-state index contributed by atoms with van der Waals surface area (Å²) < 4.78 is 25.2. The first-order valence-electron chi connectivity index (χ1n) is 7.92. The van der Waals surface area contributed by atoms with Crippen LogP contribution in [0.2, 0.25) is 0 Å². The Balaban J connectivity index is 1.88. The molecule has 0 radical (unpaired) electrons. The van der Waals surface area contributed by atoms with Gasteiger partial charge in [-0.25, -0.2) is 8.42 Å². The molecular formula is C18H21N3O4S. The van der Waals surface area contributed by atoms with E-state index in [1.807, 2.05) is 13.0 Å². The Hall–Kier alpha value is -2.87. The van der Waals surface area contributed by atoms with Gasteiger partial charge in [-0.15, -0.1) is 0 Å². The number of aryl methyl sites for hydroxylation is 1. The van der Waals surface area contributed by atoms with Gasteiger partial charge >= 0.3 is 0 Å². The first-order chi connectivity index (χ1) is 12.2. The maximum absolute atomic E-state index is 12.0. The van der Waals surface area contributed by atoms with Crippen LogP contribution in [0.5, 0.6) is 0 Å². The molecule has 0 saturated carbocycles. The van der Waals surface area contributed by atoms with E-state index in [-0.39, 0.29) is 24.9 Å². The number of benzene rings is 2. The van der Waals surface area contributed by atoms with E-state index in [1.54, 1.807) is 42.5 Å². The van der Waals surface area contributed by atoms with E-state index in [0.717, 1.165) is 11.8 Å². The van der Waals surface area contributed by atoms with Crippen LogP contribution in [0.1, 0.15) is 21.5 Å². The van der Waals surface area contributed by atoms with Crippen LogP contribution in [0, 0.1) is 6.92 Å². The van der Waals surface area contributed by atoms with Crippen molar-refractivity contribution in [1.82, 2.24) is 10.6 Å². The molecule has 2 rings (SSSR count). The highest BCUT2D eigenvalue weighted by atomic mass is 32.2. The summed E-state index contributed by atoms with van der Waals surface area (Å²) >= 11 is 0. The van der Waals surface area contributed by atoms with Gasteiger partial charge in [0.25, 0.3) is 5.91 Å². The molecule has 8 heteroatoms. The molecule has 2 aromatic carbocycles. The number of sulfonamides is 1. The molecule has 3 N–H and O–H groups in total. The minimum absolute atomic E-state index is 0.137. The molecular weight excluding hydrogens is 354 g/mol. The first-order valence-corrected chi connectivity index (χ1v) is 9.81. The molecule has 0 aliphatic heterocycles. The summed E-state index contributed by atoms with van der Waals surface area (Å²) in [6, 6.07) is 13.8. The van der Waals surface area contributed by atoms with Crippen molar-refractivity contribution < 1.29 is 18.0 Å². The molecule has 0 atom stereocenters. The van der Waals surface area contributed by atoms with Gasteiger partial charge in [0.2, 0.25) is 15.9 Å². The van der Waals surface area contributed by atoms with Gasteiger partial charge in [-0.2, -0.15) is 0 Å². The summed E-state index contributed by atoms with van der Waals surface area (Å²) in [5, 5.41) is 5.21. The highest BCUT2D eigenvalue weighted by Crippen LogP contribution is 2.15. The Morgan fingerprint density at radius 2 is 1.73 bits per heavy atom. The van der Waals surface area contributed by atoms with Crippen LogP contribution < -0.4 is 15.4 Å². The monoisotopic (exact) mass is 375 g/mol. The second kappa shape index (κ2) is 8.48. The first kappa shape index (κ1) is 19.5. The Labute approximate surface area is 152 Å². The smallest absolute Gasteiger partial charge is 0.251 e. The molecule has 0 aliphatic rings. The average Bonchev–Trinajstić information content (AvgIpc) is 2.57. The number of anilines is 1. The fourth-order valence-electron chi connectivity index (χ4n) is 2.28. The van der Waals surface area contributed by atoms with Crippen LogP contribution in [-0.2, 0) is 21.4 Å². The second-order valence-electron chi connectivity index (χ2n) is 5.86. The van der Waals surface area contributed by atoms with Crippen LogP contribution >= 0.6 is 0 Å². The van der Waals surface area contributed by atoms with E-state index in [0.29, 0.717) is 16.8 Å². The minimum Gasteiger partial charge on any atom is -0.350 e. The molecule has 0 heterocycles. The topological polar surface area (TPSA) is 104 Å². The third-order valence-electron chi connectivity index (χ3n) is 3.48. The third kappa shape index (κ3) is 6.21. The lowest BCUT2D eigenvalue weighted by molar-refractivity contribution is -0.120. The number of para-hydroxylation sites is 1. The Bertz CT molecular complexity index is 910. The molecule has 2 amide bonds. The average molecular weight is 375 g/mol. The lowest BCUT2D eigenvalue weighted by Gasteiger charge is -2.12. The number of amides is 2. The zero-order chi connectivity index (χ0) is 19.2. The van der Waals surface area contributed by atoms with Gasteiger partial charge in [-0.3, -0.25) is 14.3 Å². The van der Waals surface area contributed by atoms with Crippen LogP contribution in [0.15, 0.2) is 48.5 Å². The summed E-state index contributed by atoms with van der Waals surface area (Å²) in [5.74, 6) is -0.705. The zero-order valence-corrected chi connectivity index (χ0v) is 15.4. The normalized spacial score (nSPS) is 10.8. The van der Waals surface area contributed by atoms with E-state index in [2.05, 4.69) is 15.4 Å². The molecule has 0 bridgehead atoms. The highest BCUT2D eigenvalue weighted by Gasteiger charge is 2.10. The predicted octanol–water partition coefficient (Wildman–Crippen LogP) is 1.41. The third-order valence-corrected chi connectivity index (χ3v) is 4.07. The quantitative estimate of drug-likeness (QED) is 0.681. The fraction of sp³-hybridized carbons (Fsp3) is 0.222. The molecule has 2 aromatic rings. The van der Waals surface area contributed by atoms with Crippen molar-refractivity contribution in [3.05, 3.63) is 65.2 Å². The summed E-state index contributed by atoms with van der Waals surface area (Å²) in [5.41, 5.74) is 2.47. The standard InChI is InChI=1S/C18H21N3O4S/c1-13-6-5-8-14(10-13)18(23)20-12-17(22)19-11-15-7-3-4-9-16(15)21-26(2,24)25/h3-10,21H,11-12H2,1-2H3,(H,19,22)(H,20,23). The Morgan fingerprint density at radius 3 is 2.42 bits per heavy atom. The van der Waals surface area contributed by atoms with Crippen molar-refractivity contribution in [2.45, 2.75) is 13.5 Å². The van der Waals surface area contributed by atoms with E-state index < -0.39 is 10.0 Å². The molecule has 0 fully saturated rings. The molecule has 0 unspecified atom stereocenters. The number of rotatable bonds is 7. The van der Waals surface area contributed by atoms with Crippen molar-refractivity contribution in [3.8, 4) is 0 Å². The SMILES string of the molecule is Cc1cccc(C(=O)NCC(=O)NCc2ccccc2NS(C)(=O)=O)c1. The van der Waals surface area contributed by atoms with Crippen molar-refractivity contribution in [1.29, 1.82) is 0 Å². The lowest BCUT2D eigenvalue weighted by Crippen LogP contribution is -2.36. The van der Waals surface area contributed by atoms with Gasteiger partial charge in [0.15, 0.2) is 0 Å². The van der Waals surface area contributed by atoms with Crippen LogP contribution in [-0.4, -0.2) is 33.0 Å². The summed E-state index contributed by atoms with van der Waals surface area (Å²) in [4.78, 5) is 24.0. The number of carbonyl (C=O) groups is 2. The number of nitrogens with one attached hydrogen (secondary N) is 3. The molecule has 0 aromatic heterocycles. The molecule has 26 heavy (non-hydrogen) atoms. The minimum atomic E-state index is -3.41. The van der Waals surface area contributed by atoms with Crippen molar-refractivity contribution in [2.24, 2.45) is 0 Å². The van der Waals surface area contributed by atoms with Gasteiger partial charge in [0.05, 0.1) is 18.5 Å². The molecule has 0 aliphatic carbocycles. The number of carbonyl (C=O) groups excluding carboxylic acids is 2. The van der Waals surface area contributed by atoms with Gasteiger partial charge in [0, 0.05) is 12.1 Å². The van der Waals surface area contributed by atoms with E-state index in [4.69, 9.17) is 0 Å². The van der Waals surface area contributed by atoms with Crippen LogP contribution in [0.25, 0.3) is 0 Å². The van der Waals surface area contributed by atoms with Crippen molar-refractivity contribution in [2.75, 3.05) is 17.5 Å². The Kier molecular flexibility index (Phi) is 6.35. The van der Waals surface area contributed by atoms with E-state index >= 15 is 0 Å². The maximum atomic E-state index is 12.0.